The lowest BCUT2D eigenvalue weighted by atomic mass is 10.2. The van der Waals surface area contributed by atoms with E-state index in [1.165, 1.54) is 12.1 Å². The van der Waals surface area contributed by atoms with E-state index in [-0.39, 0.29) is 12.5 Å². The zero-order valence-corrected chi connectivity index (χ0v) is 18.9. The molecule has 0 unspecified atom stereocenters. The van der Waals surface area contributed by atoms with Crippen LogP contribution in [0, 0.1) is 13.7 Å². The molecule has 0 radical (unpaired) electrons. The molecule has 2 aromatic carbocycles. The van der Waals surface area contributed by atoms with Crippen molar-refractivity contribution in [1.82, 2.24) is 4.98 Å². The molecule has 0 amide bonds. The summed E-state index contributed by atoms with van der Waals surface area (Å²) in [5.41, 5.74) is 4.37. The quantitative estimate of drug-likeness (QED) is 0.191. The number of ether oxygens (including phenoxy) is 4. The second-order valence-electron chi connectivity index (χ2n) is 6.54. The fourth-order valence-electron chi connectivity index (χ4n) is 2.87. The first-order chi connectivity index (χ1) is 15.5. The van der Waals surface area contributed by atoms with Gasteiger partial charge in [0.25, 0.3) is 5.69 Å². The van der Waals surface area contributed by atoms with Gasteiger partial charge in [-0.05, 0) is 64.0 Å². The lowest BCUT2D eigenvalue weighted by molar-refractivity contribution is -0.385. The monoisotopic (exact) mass is 548 g/mol. The molecule has 0 bridgehead atoms. The maximum absolute atomic E-state index is 10.7. The predicted octanol–water partition coefficient (Wildman–Crippen LogP) is 4.36. The van der Waals surface area contributed by atoms with Crippen LogP contribution in [-0.2, 0) is 6.61 Å². The average molecular weight is 548 g/mol. The molecule has 1 aliphatic heterocycles. The van der Waals surface area contributed by atoms with Crippen molar-refractivity contribution < 1.29 is 23.9 Å². The number of benzene rings is 2. The molecule has 1 aromatic heterocycles. The predicted molar refractivity (Wildman–Crippen MR) is 125 cm³/mol. The van der Waals surface area contributed by atoms with Crippen molar-refractivity contribution in [1.29, 1.82) is 0 Å². The Bertz CT molecular complexity index is 1170. The first kappa shape index (κ1) is 21.6. The minimum Gasteiger partial charge on any atom is -0.493 e. The van der Waals surface area contributed by atoms with Crippen LogP contribution in [-0.4, -0.2) is 30.0 Å². The Hall–Kier alpha value is -3.61. The van der Waals surface area contributed by atoms with Gasteiger partial charge < -0.3 is 18.9 Å². The molecular weight excluding hydrogens is 531 g/mol. The zero-order valence-electron chi connectivity index (χ0n) is 16.8. The molecule has 3 aromatic rings. The van der Waals surface area contributed by atoms with E-state index in [0.717, 1.165) is 26.6 Å². The molecule has 32 heavy (non-hydrogen) atoms. The largest absolute Gasteiger partial charge is 0.493 e. The van der Waals surface area contributed by atoms with Crippen LogP contribution in [0.3, 0.4) is 0 Å². The number of hydrazone groups is 1. The summed E-state index contributed by atoms with van der Waals surface area (Å²) in [6, 6.07) is 12.2. The SMILES string of the molecule is COc1cc(/C=N/Nc2ccc([N+](=O)[O-])cn2)cc(I)c1OCc1ccc2c(c1)OCO2. The number of aromatic nitrogens is 1. The van der Waals surface area contributed by atoms with Crippen molar-refractivity contribution in [3.8, 4) is 23.0 Å². The number of halogens is 1. The molecule has 2 heterocycles. The summed E-state index contributed by atoms with van der Waals surface area (Å²) < 4.78 is 23.1. The molecule has 11 heteroatoms. The van der Waals surface area contributed by atoms with E-state index >= 15 is 0 Å². The van der Waals surface area contributed by atoms with Crippen LogP contribution in [0.5, 0.6) is 23.0 Å². The number of anilines is 1. The fraction of sp³-hybridized carbons (Fsp3) is 0.143. The molecule has 0 aliphatic carbocycles. The lowest BCUT2D eigenvalue weighted by Crippen LogP contribution is -2.01. The smallest absolute Gasteiger partial charge is 0.287 e. The topological polar surface area (TPSA) is 117 Å². The summed E-state index contributed by atoms with van der Waals surface area (Å²) in [5.74, 6) is 2.99. The van der Waals surface area contributed by atoms with E-state index in [2.05, 4.69) is 38.1 Å². The normalized spacial score (nSPS) is 12.1. The molecule has 0 atom stereocenters. The average Bonchev–Trinajstić information content (AvgIpc) is 3.26. The Morgan fingerprint density at radius 1 is 1.25 bits per heavy atom. The molecule has 0 spiro atoms. The number of pyridine rings is 1. The Morgan fingerprint density at radius 3 is 2.84 bits per heavy atom. The summed E-state index contributed by atoms with van der Waals surface area (Å²) in [6.45, 7) is 0.563. The Morgan fingerprint density at radius 2 is 2.09 bits per heavy atom. The summed E-state index contributed by atoms with van der Waals surface area (Å²) in [4.78, 5) is 14.1. The van der Waals surface area contributed by atoms with Crippen LogP contribution in [0.2, 0.25) is 0 Å². The van der Waals surface area contributed by atoms with Gasteiger partial charge in [-0.1, -0.05) is 6.07 Å². The van der Waals surface area contributed by atoms with Crippen molar-refractivity contribution >= 4 is 40.3 Å². The van der Waals surface area contributed by atoms with Gasteiger partial charge in [0, 0.05) is 6.07 Å². The van der Waals surface area contributed by atoms with E-state index in [4.69, 9.17) is 18.9 Å². The van der Waals surface area contributed by atoms with Gasteiger partial charge in [-0.3, -0.25) is 15.5 Å². The molecule has 0 fully saturated rings. The molecule has 0 saturated heterocycles. The maximum atomic E-state index is 10.7. The van der Waals surface area contributed by atoms with E-state index < -0.39 is 4.92 Å². The third kappa shape index (κ3) is 4.99. The highest BCUT2D eigenvalue weighted by Gasteiger charge is 2.15. The van der Waals surface area contributed by atoms with Crippen LogP contribution < -0.4 is 24.4 Å². The van der Waals surface area contributed by atoms with Crippen molar-refractivity contribution in [2.75, 3.05) is 19.3 Å². The first-order valence-electron chi connectivity index (χ1n) is 9.32. The minimum absolute atomic E-state index is 0.0878. The van der Waals surface area contributed by atoms with E-state index in [1.807, 2.05) is 24.3 Å². The Labute approximate surface area is 196 Å². The summed E-state index contributed by atoms with van der Waals surface area (Å²) in [7, 11) is 1.57. The molecule has 1 N–H and O–H groups in total. The number of methoxy groups -OCH3 is 1. The fourth-order valence-corrected chi connectivity index (χ4v) is 3.65. The van der Waals surface area contributed by atoms with Crippen molar-refractivity contribution in [2.45, 2.75) is 6.61 Å². The van der Waals surface area contributed by atoms with Gasteiger partial charge in [0.15, 0.2) is 23.0 Å². The standard InChI is InChI=1S/C21H17IN4O6/c1-29-19-8-14(9-24-25-20-5-3-15(10-23-20)26(27)28)6-16(22)21(19)30-11-13-2-4-17-18(7-13)32-12-31-17/h2-10H,11-12H2,1H3,(H,23,25)/b24-9+. The number of fused-ring (bicyclic) bond motifs is 1. The zero-order chi connectivity index (χ0) is 22.5. The maximum Gasteiger partial charge on any atom is 0.287 e. The van der Waals surface area contributed by atoms with Crippen LogP contribution in [0.1, 0.15) is 11.1 Å². The summed E-state index contributed by atoms with van der Waals surface area (Å²) >= 11 is 2.17. The Kier molecular flexibility index (Phi) is 6.54. The van der Waals surface area contributed by atoms with Crippen molar-refractivity contribution in [2.24, 2.45) is 5.10 Å². The number of nitro groups is 1. The van der Waals surface area contributed by atoms with Gasteiger partial charge in [0.1, 0.15) is 18.6 Å². The second kappa shape index (κ2) is 9.68. The van der Waals surface area contributed by atoms with E-state index in [0.29, 0.717) is 29.7 Å². The number of rotatable bonds is 8. The number of hydrogen-bond acceptors (Lipinski definition) is 9. The van der Waals surface area contributed by atoms with Crippen LogP contribution >= 0.6 is 22.6 Å². The molecule has 10 nitrogen and oxygen atoms in total. The second-order valence-corrected chi connectivity index (χ2v) is 7.70. The minimum atomic E-state index is -0.510. The molecular formula is C21H17IN4O6. The third-order valence-electron chi connectivity index (χ3n) is 4.42. The van der Waals surface area contributed by atoms with Crippen molar-refractivity contribution in [3.63, 3.8) is 0 Å². The van der Waals surface area contributed by atoms with Gasteiger partial charge in [0.2, 0.25) is 6.79 Å². The molecule has 1 aliphatic rings. The van der Waals surface area contributed by atoms with Crippen LogP contribution in [0.25, 0.3) is 0 Å². The summed E-state index contributed by atoms with van der Waals surface area (Å²) in [6.07, 6.45) is 2.76. The summed E-state index contributed by atoms with van der Waals surface area (Å²) in [5, 5.41) is 14.8. The number of nitrogens with zero attached hydrogens (tertiary/aromatic N) is 3. The van der Waals surface area contributed by atoms with Crippen molar-refractivity contribution in [3.05, 3.63) is 73.5 Å². The van der Waals surface area contributed by atoms with Gasteiger partial charge in [-0.15, -0.1) is 0 Å². The van der Waals surface area contributed by atoms with Gasteiger partial charge in [-0.25, -0.2) is 4.98 Å². The number of nitrogens with one attached hydrogen (secondary N) is 1. The Balaban J connectivity index is 1.43. The third-order valence-corrected chi connectivity index (χ3v) is 5.22. The highest BCUT2D eigenvalue weighted by atomic mass is 127. The van der Waals surface area contributed by atoms with Gasteiger partial charge >= 0.3 is 0 Å². The highest BCUT2D eigenvalue weighted by molar-refractivity contribution is 14.1. The van der Waals surface area contributed by atoms with E-state index in [9.17, 15) is 10.1 Å². The highest BCUT2D eigenvalue weighted by Crippen LogP contribution is 2.36. The first-order valence-corrected chi connectivity index (χ1v) is 10.4. The van der Waals surface area contributed by atoms with Crippen LogP contribution in [0.15, 0.2) is 53.8 Å². The number of hydrogen-bond donors (Lipinski definition) is 1. The van der Waals surface area contributed by atoms with Crippen LogP contribution in [0.4, 0.5) is 11.5 Å². The molecule has 164 valence electrons. The van der Waals surface area contributed by atoms with E-state index in [1.54, 1.807) is 19.4 Å². The lowest BCUT2D eigenvalue weighted by Gasteiger charge is -2.14. The molecule has 0 saturated carbocycles. The molecule has 4 rings (SSSR count). The van der Waals surface area contributed by atoms with Gasteiger partial charge in [0.05, 0.1) is 21.8 Å². The van der Waals surface area contributed by atoms with Gasteiger partial charge in [-0.2, -0.15) is 5.10 Å².